The van der Waals surface area contributed by atoms with Gasteiger partial charge in [0.15, 0.2) is 5.52 Å². The first-order valence-electron chi connectivity index (χ1n) is 6.66. The largest absolute Gasteiger partial charge is 0.469 e. The molecule has 0 unspecified atom stereocenters. The molecule has 14 heteroatoms. The molecular formula is C10H13N4O9P. The minimum atomic E-state index is -4.75. The Morgan fingerprint density at radius 3 is 2.62 bits per heavy atom. The number of fused-ring (bicyclic) bond motifs is 1. The van der Waals surface area contributed by atoms with E-state index in [1.807, 2.05) is 4.98 Å². The second kappa shape index (κ2) is 5.81. The van der Waals surface area contributed by atoms with Gasteiger partial charge in [-0.15, -0.1) is 0 Å². The lowest BCUT2D eigenvalue weighted by Gasteiger charge is -2.15. The minimum Gasteiger partial charge on any atom is -0.390 e. The molecule has 0 spiro atoms. The van der Waals surface area contributed by atoms with E-state index in [0.29, 0.717) is 0 Å². The van der Waals surface area contributed by atoms with E-state index in [2.05, 4.69) is 14.5 Å². The van der Waals surface area contributed by atoms with E-state index in [4.69, 9.17) is 14.5 Å². The van der Waals surface area contributed by atoms with Gasteiger partial charge in [0.05, 0.1) is 12.7 Å². The molecule has 1 aliphatic heterocycles. The smallest absolute Gasteiger partial charge is 0.390 e. The molecule has 1 saturated heterocycles. The number of hydrogen-bond donors (Lipinski definition) is 6. The third kappa shape index (κ3) is 3.13. The van der Waals surface area contributed by atoms with Gasteiger partial charge in [-0.3, -0.25) is 28.8 Å². The molecule has 0 radical (unpaired) electrons. The third-order valence-corrected chi connectivity index (χ3v) is 4.00. The Morgan fingerprint density at radius 1 is 1.25 bits per heavy atom. The van der Waals surface area contributed by atoms with Gasteiger partial charge in [0.1, 0.15) is 18.0 Å². The second-order valence-corrected chi connectivity index (χ2v) is 6.39. The molecule has 0 saturated carbocycles. The molecule has 3 rings (SSSR count). The number of aromatic nitrogens is 4. The highest BCUT2D eigenvalue weighted by molar-refractivity contribution is 7.46. The second-order valence-electron chi connectivity index (χ2n) is 5.15. The highest BCUT2D eigenvalue weighted by Crippen LogP contribution is 2.38. The Labute approximate surface area is 131 Å². The van der Waals surface area contributed by atoms with Crippen molar-refractivity contribution in [1.82, 2.24) is 19.5 Å². The van der Waals surface area contributed by atoms with Crippen LogP contribution in [0, 0.1) is 0 Å². The van der Waals surface area contributed by atoms with Gasteiger partial charge >= 0.3 is 19.2 Å². The first kappa shape index (κ1) is 16.8. The van der Waals surface area contributed by atoms with Crippen LogP contribution in [0.5, 0.6) is 0 Å². The van der Waals surface area contributed by atoms with Crippen molar-refractivity contribution in [3.05, 3.63) is 31.3 Å². The first-order valence-corrected chi connectivity index (χ1v) is 8.19. The predicted octanol–water partition coefficient (Wildman–Crippen LogP) is -2.54. The number of rotatable bonds is 4. The molecule has 0 amide bonds. The molecule has 1 fully saturated rings. The fourth-order valence-electron chi connectivity index (χ4n) is 2.51. The topological polar surface area (TPSA) is 200 Å². The van der Waals surface area contributed by atoms with Crippen LogP contribution in [-0.2, 0) is 13.8 Å². The number of H-pyrrole nitrogens is 3. The average Bonchev–Trinajstić information content (AvgIpc) is 2.96. The summed E-state index contributed by atoms with van der Waals surface area (Å²) in [6, 6.07) is 0. The summed E-state index contributed by atoms with van der Waals surface area (Å²) >= 11 is 0. The fraction of sp³-hybridized carbons (Fsp3) is 0.500. The zero-order valence-electron chi connectivity index (χ0n) is 11.8. The summed E-state index contributed by atoms with van der Waals surface area (Å²) in [5, 5.41) is 9.90. The summed E-state index contributed by atoms with van der Waals surface area (Å²) < 4.78 is 21.3. The van der Waals surface area contributed by atoms with Gasteiger partial charge in [-0.2, -0.15) is 0 Å². The summed E-state index contributed by atoms with van der Waals surface area (Å²) in [6.07, 6.45) is -3.46. The van der Waals surface area contributed by atoms with Crippen molar-refractivity contribution in [3.63, 3.8) is 0 Å². The Balaban J connectivity index is 1.93. The van der Waals surface area contributed by atoms with Crippen LogP contribution < -0.4 is 16.9 Å². The number of hydrogen-bond acceptors (Lipinski definition) is 7. The molecule has 24 heavy (non-hydrogen) atoms. The average molecular weight is 364 g/mol. The maximum atomic E-state index is 12.0. The molecule has 3 heterocycles. The van der Waals surface area contributed by atoms with Crippen LogP contribution in [0.3, 0.4) is 0 Å². The first-order chi connectivity index (χ1) is 11.2. The normalized spacial score (nSPS) is 24.7. The number of ether oxygens (including phenoxy) is 1. The van der Waals surface area contributed by atoms with Crippen molar-refractivity contribution in [2.75, 3.05) is 6.61 Å². The summed E-state index contributed by atoms with van der Waals surface area (Å²) in [7, 11) is -4.75. The van der Waals surface area contributed by atoms with Crippen molar-refractivity contribution in [1.29, 1.82) is 0 Å². The monoisotopic (exact) mass is 364 g/mol. The standard InChI is InChI=1S/C10H13N4O9P/c15-3-1-5(23-4(3)2-22-24(19,20)21)14-7-6(11-10(14)18)8(16)13-9(17)12-7/h3-5,15H,1-2H2,(H,11,18)(H2,19,20,21)(H2,12,13,16,17)/t3-,4+,5+/m0/s1. The van der Waals surface area contributed by atoms with Crippen molar-refractivity contribution < 1.29 is 28.7 Å². The number of aromatic amines is 3. The maximum Gasteiger partial charge on any atom is 0.469 e. The Kier molecular flexibility index (Phi) is 4.07. The lowest BCUT2D eigenvalue weighted by Crippen LogP contribution is -2.27. The van der Waals surface area contributed by atoms with E-state index >= 15 is 0 Å². The van der Waals surface area contributed by atoms with Crippen LogP contribution in [0.2, 0.25) is 0 Å². The summed E-state index contributed by atoms with van der Waals surface area (Å²) in [5.74, 6) is 0. The third-order valence-electron chi connectivity index (χ3n) is 3.51. The fourth-order valence-corrected chi connectivity index (χ4v) is 2.85. The van der Waals surface area contributed by atoms with Crippen LogP contribution in [-0.4, -0.2) is 53.2 Å². The van der Waals surface area contributed by atoms with E-state index in [9.17, 15) is 24.1 Å². The molecule has 0 aromatic carbocycles. The molecule has 3 atom stereocenters. The van der Waals surface area contributed by atoms with Crippen molar-refractivity contribution in [3.8, 4) is 0 Å². The maximum absolute atomic E-state index is 12.0. The zero-order chi connectivity index (χ0) is 17.6. The number of nitrogens with zero attached hydrogens (tertiary/aromatic N) is 1. The summed E-state index contributed by atoms with van der Waals surface area (Å²) in [5.41, 5.74) is -2.69. The van der Waals surface area contributed by atoms with E-state index in [1.54, 1.807) is 0 Å². The number of imidazole rings is 1. The number of phosphoric ester groups is 1. The Morgan fingerprint density at radius 2 is 1.96 bits per heavy atom. The molecule has 132 valence electrons. The van der Waals surface area contributed by atoms with Crippen molar-refractivity contribution >= 4 is 19.0 Å². The zero-order valence-corrected chi connectivity index (χ0v) is 12.7. The molecule has 13 nitrogen and oxygen atoms in total. The van der Waals surface area contributed by atoms with Gasteiger partial charge in [0.2, 0.25) is 0 Å². The van der Waals surface area contributed by atoms with Crippen molar-refractivity contribution in [2.45, 2.75) is 24.9 Å². The molecule has 2 aromatic rings. The number of nitrogens with one attached hydrogen (secondary N) is 3. The number of aliphatic hydroxyl groups excluding tert-OH is 1. The number of phosphoric acid groups is 1. The van der Waals surface area contributed by atoms with E-state index in [0.717, 1.165) is 4.57 Å². The van der Waals surface area contributed by atoms with Gasteiger partial charge in [0, 0.05) is 6.42 Å². The molecule has 0 bridgehead atoms. The molecule has 2 aromatic heterocycles. The molecule has 6 N–H and O–H groups in total. The van der Waals surface area contributed by atoms with Crippen LogP contribution in [0.25, 0.3) is 11.2 Å². The molecule has 1 aliphatic rings. The van der Waals surface area contributed by atoms with Crippen molar-refractivity contribution in [2.24, 2.45) is 0 Å². The lowest BCUT2D eigenvalue weighted by atomic mass is 10.2. The van der Waals surface area contributed by atoms with Gasteiger partial charge in [-0.05, 0) is 0 Å². The highest BCUT2D eigenvalue weighted by atomic mass is 31.2. The van der Waals surface area contributed by atoms with Crippen LogP contribution in [0.1, 0.15) is 12.6 Å². The lowest BCUT2D eigenvalue weighted by molar-refractivity contribution is -0.0433. The Bertz CT molecular complexity index is 981. The van der Waals surface area contributed by atoms with Gasteiger partial charge < -0.3 is 19.6 Å². The predicted molar refractivity (Wildman–Crippen MR) is 76.3 cm³/mol. The highest BCUT2D eigenvalue weighted by Gasteiger charge is 2.38. The SMILES string of the molecule is O=c1[nH]c(=O)c2[nH]c(=O)n([C@H]3C[C@H](O)[C@@H](COP(=O)(O)O)O3)c2[nH]1. The van der Waals surface area contributed by atoms with Crippen LogP contribution in [0.15, 0.2) is 14.4 Å². The Hall–Kier alpha value is -2.02. The number of aliphatic hydroxyl groups is 1. The van der Waals surface area contributed by atoms with Crippen LogP contribution in [0.4, 0.5) is 0 Å². The molecule has 0 aliphatic carbocycles. The van der Waals surface area contributed by atoms with Gasteiger partial charge in [-0.1, -0.05) is 0 Å². The van der Waals surface area contributed by atoms with Gasteiger partial charge in [0.25, 0.3) is 5.56 Å². The van der Waals surface area contributed by atoms with E-state index in [-0.39, 0.29) is 17.6 Å². The minimum absolute atomic E-state index is 0.114. The van der Waals surface area contributed by atoms with E-state index in [1.165, 1.54) is 0 Å². The quantitative estimate of drug-likeness (QED) is 0.316. The summed E-state index contributed by atoms with van der Waals surface area (Å²) in [6.45, 7) is -0.601. The summed E-state index contributed by atoms with van der Waals surface area (Å²) in [4.78, 5) is 58.9. The van der Waals surface area contributed by atoms with Crippen LogP contribution >= 0.6 is 7.82 Å². The van der Waals surface area contributed by atoms with Gasteiger partial charge in [-0.25, -0.2) is 14.2 Å². The van der Waals surface area contributed by atoms with E-state index < -0.39 is 49.8 Å². The molecular weight excluding hydrogens is 351 g/mol.